The van der Waals surface area contributed by atoms with Crippen LogP contribution in [-0.4, -0.2) is 83.8 Å². The predicted octanol–water partition coefficient (Wildman–Crippen LogP) is 11.9. The number of aromatic amines is 1. The van der Waals surface area contributed by atoms with E-state index in [1.54, 1.807) is 65.0 Å². The fraction of sp³-hybridized carbons (Fsp3) is 0.333. The van der Waals surface area contributed by atoms with E-state index >= 15 is 0 Å². The molecule has 0 saturated carbocycles. The van der Waals surface area contributed by atoms with E-state index in [2.05, 4.69) is 57.0 Å². The van der Waals surface area contributed by atoms with Crippen LogP contribution in [0.3, 0.4) is 0 Å². The molecule has 6 rings (SSSR count). The molecule has 4 aromatic carbocycles. The molecule has 64 heavy (non-hydrogen) atoms. The van der Waals surface area contributed by atoms with Crippen molar-refractivity contribution in [1.29, 1.82) is 0 Å². The summed E-state index contributed by atoms with van der Waals surface area (Å²) in [6.45, 7) is 16.3. The molecule has 0 atom stereocenters. The van der Waals surface area contributed by atoms with E-state index in [-0.39, 0.29) is 11.7 Å². The molecule has 0 saturated heterocycles. The minimum absolute atomic E-state index is 0.150. The number of esters is 2. The summed E-state index contributed by atoms with van der Waals surface area (Å²) in [5.74, 6) is 2.62. The summed E-state index contributed by atoms with van der Waals surface area (Å²) in [5.41, 5.74) is 8.85. The number of benzene rings is 4. The summed E-state index contributed by atoms with van der Waals surface area (Å²) in [5, 5.41) is 9.56. The van der Waals surface area contributed by atoms with Crippen molar-refractivity contribution < 1.29 is 47.9 Å². The number of hydrogen-bond acceptors (Lipinski definition) is 10. The lowest BCUT2D eigenvalue weighted by atomic mass is 9.96. The zero-order valence-electron chi connectivity index (χ0n) is 39.2. The standard InChI is InChI=1S/C31H43NO5Si.C20H19NO5/c1-11-37-25-15-12-23(13-16-25)29-26(24-14-17-27(34-8)28(18-24)35-9)19-32(30(29)31(33)36-10)38(20(2)3,21(4)5)22(6)7;1-24-16-9-6-13(10-17(16)25-2)15-11-21-19(20(23)26-3)18(15)12-4-7-14(22)8-5-12/h12-22H,11H2,1-10H3;4-11,21-22H,1-3H3. The van der Waals surface area contributed by atoms with Gasteiger partial charge >= 0.3 is 11.9 Å². The predicted molar refractivity (Wildman–Crippen MR) is 255 cm³/mol. The fourth-order valence-corrected chi connectivity index (χ4v) is 15.8. The third-order valence-corrected chi connectivity index (χ3v) is 18.6. The molecule has 6 aromatic rings. The quantitative estimate of drug-likeness (QED) is 0.0713. The average molecular weight is 891 g/mol. The number of nitrogens with one attached hydrogen (secondary N) is 1. The number of H-pyrrole nitrogens is 1. The van der Waals surface area contributed by atoms with Crippen molar-refractivity contribution in [3.05, 3.63) is 109 Å². The average Bonchev–Trinajstić information content (AvgIpc) is 3.92. The monoisotopic (exact) mass is 890 g/mol. The Morgan fingerprint density at radius 2 is 1.05 bits per heavy atom. The van der Waals surface area contributed by atoms with Gasteiger partial charge in [-0.15, -0.1) is 0 Å². The molecular formula is C51H62N2O10Si. The molecule has 2 heterocycles. The van der Waals surface area contributed by atoms with Crippen molar-refractivity contribution in [2.24, 2.45) is 0 Å². The van der Waals surface area contributed by atoms with Crippen molar-refractivity contribution >= 4 is 20.2 Å². The second kappa shape index (κ2) is 21.2. The van der Waals surface area contributed by atoms with Gasteiger partial charge < -0.3 is 47.5 Å². The molecule has 340 valence electrons. The van der Waals surface area contributed by atoms with Crippen LogP contribution >= 0.6 is 0 Å². The molecule has 0 bridgehead atoms. The van der Waals surface area contributed by atoms with Gasteiger partial charge in [-0.2, -0.15) is 0 Å². The van der Waals surface area contributed by atoms with Gasteiger partial charge in [0.2, 0.25) is 0 Å². The zero-order valence-corrected chi connectivity index (χ0v) is 40.2. The van der Waals surface area contributed by atoms with Crippen molar-refractivity contribution in [2.75, 3.05) is 49.3 Å². The molecular weight excluding hydrogens is 829 g/mol. The van der Waals surface area contributed by atoms with Crippen LogP contribution in [0.15, 0.2) is 97.3 Å². The third kappa shape index (κ3) is 9.49. The van der Waals surface area contributed by atoms with Gasteiger partial charge in [0.05, 0.1) is 49.3 Å². The Balaban J connectivity index is 0.000000258. The Bertz CT molecular complexity index is 2500. The number of ether oxygens (including phenoxy) is 7. The maximum Gasteiger partial charge on any atom is 0.355 e. The number of carbonyl (C=O) groups excluding carboxylic acids is 2. The number of phenols is 1. The lowest BCUT2D eigenvalue weighted by Gasteiger charge is -2.44. The molecule has 2 aromatic heterocycles. The molecule has 0 radical (unpaired) electrons. The van der Waals surface area contributed by atoms with Gasteiger partial charge in [0.15, 0.2) is 31.2 Å². The van der Waals surface area contributed by atoms with E-state index in [1.165, 1.54) is 14.2 Å². The van der Waals surface area contributed by atoms with Crippen molar-refractivity contribution in [3.63, 3.8) is 0 Å². The molecule has 13 heteroatoms. The molecule has 2 N–H and O–H groups in total. The van der Waals surface area contributed by atoms with Crippen molar-refractivity contribution in [3.8, 4) is 79.0 Å². The van der Waals surface area contributed by atoms with Crippen LogP contribution in [0.2, 0.25) is 16.6 Å². The highest BCUT2D eigenvalue weighted by atomic mass is 28.3. The lowest BCUT2D eigenvalue weighted by molar-refractivity contribution is 0.0585. The number of aromatic hydroxyl groups is 1. The third-order valence-electron chi connectivity index (χ3n) is 11.8. The molecule has 0 unspecified atom stereocenters. The second-order valence-electron chi connectivity index (χ2n) is 16.1. The fourth-order valence-electron chi connectivity index (χ4n) is 9.19. The Labute approximate surface area is 378 Å². The van der Waals surface area contributed by atoms with Gasteiger partial charge in [-0.3, -0.25) is 0 Å². The Hall–Kier alpha value is -6.60. The first-order valence-electron chi connectivity index (χ1n) is 21.3. The van der Waals surface area contributed by atoms with Gasteiger partial charge in [-0.25, -0.2) is 9.59 Å². The Morgan fingerprint density at radius 1 is 0.594 bits per heavy atom. The second-order valence-corrected chi connectivity index (χ2v) is 21.8. The van der Waals surface area contributed by atoms with E-state index in [4.69, 9.17) is 33.2 Å². The lowest BCUT2D eigenvalue weighted by Crippen LogP contribution is -2.52. The number of phenolic OH excluding ortho intramolecular Hbond substituents is 1. The summed E-state index contributed by atoms with van der Waals surface area (Å²) in [6, 6.07) is 26.0. The van der Waals surface area contributed by atoms with E-state index in [1.807, 2.05) is 61.5 Å². The molecule has 0 fully saturated rings. The normalized spacial score (nSPS) is 11.2. The van der Waals surface area contributed by atoms with E-state index in [0.717, 1.165) is 44.7 Å². The topological polar surface area (TPSA) is 140 Å². The first-order chi connectivity index (χ1) is 30.7. The highest BCUT2D eigenvalue weighted by Gasteiger charge is 2.48. The summed E-state index contributed by atoms with van der Waals surface area (Å²) >= 11 is 0. The highest BCUT2D eigenvalue weighted by molar-refractivity contribution is 6.82. The van der Waals surface area contributed by atoms with E-state index < -0.39 is 14.2 Å². The van der Waals surface area contributed by atoms with Crippen LogP contribution in [0.4, 0.5) is 0 Å². The molecule has 0 aliphatic heterocycles. The van der Waals surface area contributed by atoms with E-state index in [0.29, 0.717) is 63.2 Å². The van der Waals surface area contributed by atoms with Crippen LogP contribution in [0.25, 0.3) is 44.5 Å². The summed E-state index contributed by atoms with van der Waals surface area (Å²) in [6.07, 6.45) is 3.93. The maximum absolute atomic E-state index is 13.7. The first kappa shape index (κ1) is 48.4. The molecule has 0 spiro atoms. The zero-order chi connectivity index (χ0) is 46.9. The molecule has 12 nitrogen and oxygen atoms in total. The van der Waals surface area contributed by atoms with Gasteiger partial charge in [-0.05, 0) is 94.3 Å². The maximum atomic E-state index is 13.7. The first-order valence-corrected chi connectivity index (χ1v) is 23.5. The summed E-state index contributed by atoms with van der Waals surface area (Å²) in [4.78, 5) is 28.9. The molecule has 0 aliphatic rings. The minimum Gasteiger partial charge on any atom is -0.508 e. The van der Waals surface area contributed by atoms with Gasteiger partial charge in [0.1, 0.15) is 22.9 Å². The van der Waals surface area contributed by atoms with Gasteiger partial charge in [-0.1, -0.05) is 77.9 Å². The number of methoxy groups -OCH3 is 6. The van der Waals surface area contributed by atoms with Crippen molar-refractivity contribution in [2.45, 2.75) is 65.1 Å². The number of nitrogens with zero attached hydrogens (tertiary/aromatic N) is 1. The molecule has 0 amide bonds. The van der Waals surface area contributed by atoms with Crippen molar-refractivity contribution in [1.82, 2.24) is 9.22 Å². The van der Waals surface area contributed by atoms with Crippen LogP contribution in [0.1, 0.15) is 69.4 Å². The number of rotatable bonds is 16. The Kier molecular flexibility index (Phi) is 16.0. The van der Waals surface area contributed by atoms with Gasteiger partial charge in [0, 0.05) is 34.6 Å². The largest absolute Gasteiger partial charge is 0.508 e. The Morgan fingerprint density at radius 3 is 1.50 bits per heavy atom. The summed E-state index contributed by atoms with van der Waals surface area (Å²) in [7, 11) is 6.87. The smallest absolute Gasteiger partial charge is 0.355 e. The number of carbonyl (C=O) groups is 2. The molecule has 0 aliphatic carbocycles. The number of aromatic nitrogens is 2. The van der Waals surface area contributed by atoms with Gasteiger partial charge in [0.25, 0.3) is 0 Å². The van der Waals surface area contributed by atoms with Crippen LogP contribution < -0.4 is 23.7 Å². The van der Waals surface area contributed by atoms with E-state index in [9.17, 15) is 14.7 Å². The summed E-state index contributed by atoms with van der Waals surface area (Å²) < 4.78 is 40.2. The minimum atomic E-state index is -2.33. The van der Waals surface area contributed by atoms with Crippen LogP contribution in [-0.2, 0) is 9.47 Å². The van der Waals surface area contributed by atoms with Crippen LogP contribution in [0, 0.1) is 0 Å². The SMILES string of the molecule is CCOc1ccc(-c2c(-c3ccc(OC)c(OC)c3)cn([Si](C(C)C)(C(C)C)C(C)C)c2C(=O)OC)cc1.COC(=O)c1[nH]cc(-c2ccc(OC)c(OC)c2)c1-c1ccc(O)cc1. The van der Waals surface area contributed by atoms with Crippen LogP contribution in [0.5, 0.6) is 34.5 Å². The number of hydrogen-bond donors (Lipinski definition) is 2. The highest BCUT2D eigenvalue weighted by Crippen LogP contribution is 2.49.